The van der Waals surface area contributed by atoms with E-state index in [1.165, 1.54) is 17.2 Å². The molecule has 10 heteroatoms. The Morgan fingerprint density at radius 3 is 3.00 bits per heavy atom. The number of nitrogen functional groups attached to an aromatic ring is 1. The number of anilines is 1. The predicted molar refractivity (Wildman–Crippen MR) is 84.1 cm³/mol. The van der Waals surface area contributed by atoms with Crippen molar-refractivity contribution in [2.45, 2.75) is 50.2 Å². The van der Waals surface area contributed by atoms with Crippen molar-refractivity contribution in [3.8, 4) is 0 Å². The van der Waals surface area contributed by atoms with Crippen LogP contribution in [-0.4, -0.2) is 62.5 Å². The lowest BCUT2D eigenvalue weighted by Crippen LogP contribution is -2.39. The Labute approximate surface area is 142 Å². The number of rotatable bonds is 4. The second kappa shape index (κ2) is 6.79. The average molecular weight is 353 g/mol. The molecule has 25 heavy (non-hydrogen) atoms. The van der Waals surface area contributed by atoms with Crippen LogP contribution in [0, 0.1) is 0 Å². The van der Waals surface area contributed by atoms with E-state index < -0.39 is 30.9 Å². The van der Waals surface area contributed by atoms with Gasteiger partial charge in [0.2, 0.25) is 0 Å². The number of nitrogens with zero attached hydrogens (tertiary/aromatic N) is 4. The number of fused-ring (bicyclic) bond motifs is 1. The predicted octanol–water partition coefficient (Wildman–Crippen LogP) is 0.548. The maximum absolute atomic E-state index is 15.1. The minimum Gasteiger partial charge on any atom is -0.394 e. The summed E-state index contributed by atoms with van der Waals surface area (Å²) in [7, 11) is 0. The highest BCUT2D eigenvalue weighted by Crippen LogP contribution is 2.36. The maximum Gasteiger partial charge on any atom is 0.174 e. The number of ether oxygens (including phenoxy) is 3. The van der Waals surface area contributed by atoms with E-state index in [4.69, 9.17) is 19.9 Å². The van der Waals surface area contributed by atoms with Gasteiger partial charge in [0.05, 0.1) is 12.9 Å². The number of nitrogens with two attached hydrogens (primary N) is 1. The van der Waals surface area contributed by atoms with E-state index in [2.05, 4.69) is 15.0 Å². The van der Waals surface area contributed by atoms with Crippen LogP contribution in [0.1, 0.15) is 25.5 Å². The molecule has 2 aliphatic rings. The largest absolute Gasteiger partial charge is 0.394 e. The highest BCUT2D eigenvalue weighted by atomic mass is 19.1. The summed E-state index contributed by atoms with van der Waals surface area (Å²) in [6, 6.07) is 0. The molecule has 5 atom stereocenters. The zero-order valence-electron chi connectivity index (χ0n) is 13.5. The summed E-state index contributed by atoms with van der Waals surface area (Å²) in [5.74, 6) is 0.208. The molecule has 3 N–H and O–H groups in total. The van der Waals surface area contributed by atoms with Gasteiger partial charge in [-0.1, -0.05) is 0 Å². The summed E-state index contributed by atoms with van der Waals surface area (Å²) in [6.07, 6.45) is 0.555. The molecule has 0 amide bonds. The van der Waals surface area contributed by atoms with Crippen LogP contribution >= 0.6 is 0 Å². The molecular weight excluding hydrogens is 333 g/mol. The third kappa shape index (κ3) is 2.95. The Bertz CT molecular complexity index is 738. The topological polar surface area (TPSA) is 118 Å². The number of alkyl halides is 1. The number of aromatic nitrogens is 4. The van der Waals surface area contributed by atoms with Gasteiger partial charge < -0.3 is 25.1 Å². The van der Waals surface area contributed by atoms with Crippen LogP contribution in [0.15, 0.2) is 12.7 Å². The van der Waals surface area contributed by atoms with Crippen LogP contribution < -0.4 is 5.73 Å². The van der Waals surface area contributed by atoms with Crippen molar-refractivity contribution >= 4 is 17.0 Å². The van der Waals surface area contributed by atoms with Gasteiger partial charge >= 0.3 is 0 Å². The Balaban J connectivity index is 1.59. The monoisotopic (exact) mass is 353 g/mol. The molecule has 136 valence electrons. The number of hydrogen-bond acceptors (Lipinski definition) is 8. The summed E-state index contributed by atoms with van der Waals surface area (Å²) in [5, 5.41) is 9.57. The molecule has 1 unspecified atom stereocenters. The van der Waals surface area contributed by atoms with Crippen LogP contribution in [0.2, 0.25) is 0 Å². The molecule has 2 aromatic heterocycles. The first-order chi connectivity index (χ1) is 12.2. The molecule has 0 aliphatic carbocycles. The van der Waals surface area contributed by atoms with E-state index in [1.54, 1.807) is 0 Å². The van der Waals surface area contributed by atoms with E-state index >= 15 is 4.39 Å². The fraction of sp³-hybridized carbons (Fsp3) is 0.667. The Kier molecular flexibility index (Phi) is 4.50. The molecule has 2 aliphatic heterocycles. The molecule has 2 aromatic rings. The molecule has 0 aromatic carbocycles. The fourth-order valence-electron chi connectivity index (χ4n) is 3.28. The number of aliphatic hydroxyl groups is 1. The Morgan fingerprint density at radius 1 is 1.36 bits per heavy atom. The fourth-order valence-corrected chi connectivity index (χ4v) is 3.28. The van der Waals surface area contributed by atoms with Crippen molar-refractivity contribution in [2.75, 3.05) is 18.9 Å². The number of halogens is 1. The number of hydrogen-bond donors (Lipinski definition) is 2. The summed E-state index contributed by atoms with van der Waals surface area (Å²) < 4.78 is 33.5. The Morgan fingerprint density at radius 2 is 2.24 bits per heavy atom. The normalized spacial score (nSPS) is 33.1. The van der Waals surface area contributed by atoms with Crippen molar-refractivity contribution in [2.24, 2.45) is 0 Å². The third-order valence-electron chi connectivity index (χ3n) is 4.55. The molecule has 0 spiro atoms. The van der Waals surface area contributed by atoms with Crippen molar-refractivity contribution in [1.29, 1.82) is 0 Å². The van der Waals surface area contributed by atoms with E-state index in [-0.39, 0.29) is 12.4 Å². The van der Waals surface area contributed by atoms with Crippen molar-refractivity contribution < 1.29 is 23.7 Å². The zero-order chi connectivity index (χ0) is 17.4. The van der Waals surface area contributed by atoms with Crippen LogP contribution in [0.4, 0.5) is 10.2 Å². The minimum atomic E-state index is -1.52. The van der Waals surface area contributed by atoms with Crippen LogP contribution in [0.25, 0.3) is 11.2 Å². The molecule has 4 rings (SSSR count). The average Bonchev–Trinajstić information content (AvgIpc) is 3.19. The minimum absolute atomic E-state index is 0.208. The second-order valence-electron chi connectivity index (χ2n) is 6.17. The molecule has 4 heterocycles. The van der Waals surface area contributed by atoms with Gasteiger partial charge in [-0.15, -0.1) is 0 Å². The van der Waals surface area contributed by atoms with Crippen LogP contribution in [0.5, 0.6) is 0 Å². The first-order valence-corrected chi connectivity index (χ1v) is 8.29. The molecule has 2 fully saturated rings. The standard InChI is InChI=1S/C15H20FN5O4/c16-10-12(25-9-3-1-2-4-23-9)8(5-22)24-15(10)21-7-20-11-13(17)18-6-19-14(11)21/h6-10,12,15,22H,1-5H2,(H2,17,18,19)/t8-,9?,10-,12-,15-/m1/s1. The number of aliphatic hydroxyl groups excluding tert-OH is 1. The summed E-state index contributed by atoms with van der Waals surface area (Å²) in [4.78, 5) is 12.1. The van der Waals surface area contributed by atoms with Crippen molar-refractivity contribution in [3.05, 3.63) is 12.7 Å². The molecule has 0 saturated carbocycles. The zero-order valence-corrected chi connectivity index (χ0v) is 13.5. The first-order valence-electron chi connectivity index (χ1n) is 8.29. The highest BCUT2D eigenvalue weighted by molar-refractivity contribution is 5.81. The van der Waals surface area contributed by atoms with Gasteiger partial charge in [0.25, 0.3) is 0 Å². The smallest absolute Gasteiger partial charge is 0.174 e. The van der Waals surface area contributed by atoms with Gasteiger partial charge in [-0.2, -0.15) is 0 Å². The van der Waals surface area contributed by atoms with E-state index in [1.807, 2.05) is 0 Å². The van der Waals surface area contributed by atoms with E-state index in [0.717, 1.165) is 12.8 Å². The molecule has 2 saturated heterocycles. The second-order valence-corrected chi connectivity index (χ2v) is 6.17. The van der Waals surface area contributed by atoms with Gasteiger partial charge in [-0.05, 0) is 19.3 Å². The number of imidazole rings is 1. The lowest BCUT2D eigenvalue weighted by atomic mass is 10.1. The molecular formula is C15H20FN5O4. The van der Waals surface area contributed by atoms with E-state index in [0.29, 0.717) is 24.2 Å². The van der Waals surface area contributed by atoms with Gasteiger partial charge in [0.1, 0.15) is 24.1 Å². The van der Waals surface area contributed by atoms with Gasteiger partial charge in [-0.25, -0.2) is 19.3 Å². The van der Waals surface area contributed by atoms with E-state index in [9.17, 15) is 5.11 Å². The van der Waals surface area contributed by atoms with Gasteiger partial charge in [-0.3, -0.25) is 4.57 Å². The maximum atomic E-state index is 15.1. The lowest BCUT2D eigenvalue weighted by molar-refractivity contribution is -0.205. The third-order valence-corrected chi connectivity index (χ3v) is 4.55. The lowest BCUT2D eigenvalue weighted by Gasteiger charge is -2.28. The molecule has 0 bridgehead atoms. The van der Waals surface area contributed by atoms with Gasteiger partial charge in [0, 0.05) is 6.61 Å². The quantitative estimate of drug-likeness (QED) is 0.818. The Hall–Kier alpha value is -1.88. The summed E-state index contributed by atoms with van der Waals surface area (Å²) in [5.41, 5.74) is 6.51. The summed E-state index contributed by atoms with van der Waals surface area (Å²) in [6.45, 7) is 0.225. The van der Waals surface area contributed by atoms with Crippen LogP contribution in [-0.2, 0) is 14.2 Å². The first kappa shape index (κ1) is 16.6. The molecule has 0 radical (unpaired) electrons. The SMILES string of the molecule is Nc1ncnc2c1ncn2[C@@H]1O[C@H](CO)[C@@H](OC2CCCCO2)[C@H]1F. The van der Waals surface area contributed by atoms with Gasteiger partial charge in [0.15, 0.2) is 30.2 Å². The summed E-state index contributed by atoms with van der Waals surface area (Å²) >= 11 is 0. The van der Waals surface area contributed by atoms with Crippen molar-refractivity contribution in [3.63, 3.8) is 0 Å². The molecule has 9 nitrogen and oxygen atoms in total. The highest BCUT2D eigenvalue weighted by Gasteiger charge is 2.48. The van der Waals surface area contributed by atoms with Crippen LogP contribution in [0.3, 0.4) is 0 Å². The van der Waals surface area contributed by atoms with Crippen molar-refractivity contribution in [1.82, 2.24) is 19.5 Å².